The van der Waals surface area contributed by atoms with Gasteiger partial charge < -0.3 is 10.1 Å². The van der Waals surface area contributed by atoms with Gasteiger partial charge in [-0.1, -0.05) is 12.1 Å². The van der Waals surface area contributed by atoms with E-state index in [9.17, 15) is 28.5 Å². The number of hydrogen-bond donors (Lipinski definition) is 1. The van der Waals surface area contributed by atoms with Gasteiger partial charge in [0, 0.05) is 12.3 Å². The molecule has 1 aromatic heterocycles. The summed E-state index contributed by atoms with van der Waals surface area (Å²) < 4.78 is 30.1. The first-order valence-corrected chi connectivity index (χ1v) is 8.32. The monoisotopic (exact) mass is 397 g/mol. The maximum absolute atomic E-state index is 12.6. The summed E-state index contributed by atoms with van der Waals surface area (Å²) in [5.74, 6) is -4.62. The molecule has 1 heterocycles. The van der Waals surface area contributed by atoms with Crippen molar-refractivity contribution in [2.24, 2.45) is 0 Å². The highest BCUT2D eigenvalue weighted by Gasteiger charge is 2.24. The van der Waals surface area contributed by atoms with E-state index >= 15 is 0 Å². The SMILES string of the molecule is C[C@@H](OC(=O)c1cccnc1SC(F)F)C(=O)Nc1ccccc1[N+](=O)[O-]. The van der Waals surface area contributed by atoms with E-state index in [0.717, 1.165) is 0 Å². The maximum atomic E-state index is 12.6. The van der Waals surface area contributed by atoms with Gasteiger partial charge in [0.05, 0.1) is 10.5 Å². The second-order valence-electron chi connectivity index (χ2n) is 5.05. The van der Waals surface area contributed by atoms with Crippen molar-refractivity contribution < 1.29 is 28.0 Å². The number of nitro groups is 1. The lowest BCUT2D eigenvalue weighted by Crippen LogP contribution is -2.30. The summed E-state index contributed by atoms with van der Waals surface area (Å²) in [7, 11) is 0. The molecule has 142 valence electrons. The Morgan fingerprint density at radius 1 is 1.26 bits per heavy atom. The van der Waals surface area contributed by atoms with E-state index in [1.165, 1.54) is 49.5 Å². The molecule has 2 aromatic rings. The molecular formula is C16H13F2N3O5S. The number of ether oxygens (including phenoxy) is 1. The number of rotatable bonds is 7. The number of carbonyl (C=O) groups is 2. The molecule has 0 aliphatic carbocycles. The van der Waals surface area contributed by atoms with Crippen molar-refractivity contribution in [2.45, 2.75) is 23.8 Å². The minimum atomic E-state index is -2.79. The zero-order valence-electron chi connectivity index (χ0n) is 13.8. The lowest BCUT2D eigenvalue weighted by atomic mass is 10.2. The Hall–Kier alpha value is -3.08. The van der Waals surface area contributed by atoms with Gasteiger partial charge in [-0.05, 0) is 36.9 Å². The van der Waals surface area contributed by atoms with Crippen LogP contribution in [0.1, 0.15) is 17.3 Å². The van der Waals surface area contributed by atoms with Crippen molar-refractivity contribution in [3.63, 3.8) is 0 Å². The number of nitro benzene ring substituents is 1. The molecule has 1 atom stereocenters. The molecule has 11 heteroatoms. The lowest BCUT2D eigenvalue weighted by molar-refractivity contribution is -0.383. The number of pyridine rings is 1. The molecule has 0 saturated carbocycles. The molecule has 1 amide bonds. The Balaban J connectivity index is 2.09. The molecule has 27 heavy (non-hydrogen) atoms. The topological polar surface area (TPSA) is 111 Å². The number of para-hydroxylation sites is 2. The van der Waals surface area contributed by atoms with Crippen molar-refractivity contribution in [3.8, 4) is 0 Å². The van der Waals surface area contributed by atoms with Crippen molar-refractivity contribution in [1.82, 2.24) is 4.98 Å². The van der Waals surface area contributed by atoms with Crippen LogP contribution in [0, 0.1) is 10.1 Å². The second kappa shape index (κ2) is 9.03. The predicted molar refractivity (Wildman–Crippen MR) is 92.7 cm³/mol. The van der Waals surface area contributed by atoms with Crippen LogP contribution in [-0.2, 0) is 9.53 Å². The van der Waals surface area contributed by atoms with Crippen LogP contribution < -0.4 is 5.32 Å². The number of carbonyl (C=O) groups excluding carboxylic acids is 2. The fourth-order valence-electron chi connectivity index (χ4n) is 1.97. The Labute approximate surface area is 156 Å². The van der Waals surface area contributed by atoms with Crippen LogP contribution in [0.3, 0.4) is 0 Å². The number of nitrogens with one attached hydrogen (secondary N) is 1. The fraction of sp³-hybridized carbons (Fsp3) is 0.188. The first kappa shape index (κ1) is 20.2. The zero-order valence-corrected chi connectivity index (χ0v) is 14.6. The molecule has 1 N–H and O–H groups in total. The summed E-state index contributed by atoms with van der Waals surface area (Å²) in [4.78, 5) is 38.3. The van der Waals surface area contributed by atoms with Gasteiger partial charge >= 0.3 is 5.97 Å². The van der Waals surface area contributed by atoms with Gasteiger partial charge in [0.15, 0.2) is 6.10 Å². The number of halogens is 2. The number of benzene rings is 1. The summed E-state index contributed by atoms with van der Waals surface area (Å²) >= 11 is 0.0759. The lowest BCUT2D eigenvalue weighted by Gasteiger charge is -2.14. The Kier molecular flexibility index (Phi) is 6.77. The molecule has 0 aliphatic heterocycles. The number of amides is 1. The number of hydrogen-bond acceptors (Lipinski definition) is 7. The van der Waals surface area contributed by atoms with Gasteiger partial charge in [-0.3, -0.25) is 14.9 Å². The number of thioether (sulfide) groups is 1. The molecule has 2 rings (SSSR count). The summed E-state index contributed by atoms with van der Waals surface area (Å²) in [5, 5.41) is 13.0. The molecule has 0 saturated heterocycles. The highest BCUT2D eigenvalue weighted by Crippen LogP contribution is 2.27. The van der Waals surface area contributed by atoms with E-state index in [4.69, 9.17) is 4.74 Å². The van der Waals surface area contributed by atoms with Crippen LogP contribution in [0.25, 0.3) is 0 Å². The zero-order chi connectivity index (χ0) is 20.0. The van der Waals surface area contributed by atoms with Crippen LogP contribution in [-0.4, -0.2) is 33.6 Å². The number of nitrogens with zero attached hydrogens (tertiary/aromatic N) is 2. The Morgan fingerprint density at radius 2 is 1.96 bits per heavy atom. The van der Waals surface area contributed by atoms with Gasteiger partial charge in [-0.2, -0.15) is 8.78 Å². The van der Waals surface area contributed by atoms with E-state index in [-0.39, 0.29) is 33.7 Å². The van der Waals surface area contributed by atoms with Crippen molar-refractivity contribution in [3.05, 3.63) is 58.3 Å². The van der Waals surface area contributed by atoms with E-state index in [1.54, 1.807) is 0 Å². The first-order valence-electron chi connectivity index (χ1n) is 7.44. The highest BCUT2D eigenvalue weighted by molar-refractivity contribution is 7.99. The van der Waals surface area contributed by atoms with Crippen LogP contribution in [0.15, 0.2) is 47.6 Å². The van der Waals surface area contributed by atoms with E-state index in [1.807, 2.05) is 0 Å². The number of esters is 1. The van der Waals surface area contributed by atoms with E-state index in [2.05, 4.69) is 10.3 Å². The third-order valence-corrected chi connectivity index (χ3v) is 3.93. The average molecular weight is 397 g/mol. The smallest absolute Gasteiger partial charge is 0.341 e. The molecule has 0 aliphatic rings. The van der Waals surface area contributed by atoms with E-state index < -0.39 is 28.7 Å². The van der Waals surface area contributed by atoms with Crippen LogP contribution in [0.5, 0.6) is 0 Å². The normalized spacial score (nSPS) is 11.7. The predicted octanol–water partition coefficient (Wildman–Crippen LogP) is 3.49. The maximum Gasteiger partial charge on any atom is 0.341 e. The van der Waals surface area contributed by atoms with Crippen LogP contribution >= 0.6 is 11.8 Å². The van der Waals surface area contributed by atoms with Crippen LogP contribution in [0.2, 0.25) is 0 Å². The molecule has 0 fully saturated rings. The van der Waals surface area contributed by atoms with Gasteiger partial charge in [0.1, 0.15) is 10.7 Å². The molecule has 0 bridgehead atoms. The van der Waals surface area contributed by atoms with Gasteiger partial charge in [0.2, 0.25) is 0 Å². The number of anilines is 1. The second-order valence-corrected chi connectivity index (χ2v) is 6.02. The molecule has 1 aromatic carbocycles. The van der Waals surface area contributed by atoms with Gasteiger partial charge in [-0.15, -0.1) is 0 Å². The minimum Gasteiger partial charge on any atom is -0.449 e. The summed E-state index contributed by atoms with van der Waals surface area (Å²) in [6.07, 6.45) is -0.0893. The molecule has 0 unspecified atom stereocenters. The third-order valence-electron chi connectivity index (χ3n) is 3.20. The molecule has 8 nitrogen and oxygen atoms in total. The summed E-state index contributed by atoms with van der Waals surface area (Å²) in [6.45, 7) is 1.25. The van der Waals surface area contributed by atoms with Crippen molar-refractivity contribution >= 4 is 35.0 Å². The first-order chi connectivity index (χ1) is 12.8. The largest absolute Gasteiger partial charge is 0.449 e. The molecule has 0 spiro atoms. The van der Waals surface area contributed by atoms with Crippen molar-refractivity contribution in [1.29, 1.82) is 0 Å². The average Bonchev–Trinajstić information content (AvgIpc) is 2.61. The Bertz CT molecular complexity index is 865. The fourth-order valence-corrected chi connectivity index (χ4v) is 2.54. The third kappa shape index (κ3) is 5.45. The van der Waals surface area contributed by atoms with Crippen LogP contribution in [0.4, 0.5) is 20.2 Å². The standard InChI is InChI=1S/C16H13F2N3O5S/c1-9(13(22)20-11-6-2-3-7-12(11)21(24)25)26-15(23)10-5-4-8-19-14(10)27-16(17)18/h2-9,16H,1H3,(H,20,22)/t9-/m1/s1. The van der Waals surface area contributed by atoms with Gasteiger partial charge in [0.25, 0.3) is 17.4 Å². The summed E-state index contributed by atoms with van der Waals surface area (Å²) in [5.41, 5.74) is -0.605. The number of alkyl halides is 2. The Morgan fingerprint density at radius 3 is 2.63 bits per heavy atom. The molecule has 0 radical (unpaired) electrons. The molecular weight excluding hydrogens is 384 g/mol. The van der Waals surface area contributed by atoms with Gasteiger partial charge in [-0.25, -0.2) is 9.78 Å². The quantitative estimate of drug-likeness (QED) is 0.329. The highest BCUT2D eigenvalue weighted by atomic mass is 32.2. The minimum absolute atomic E-state index is 0.0641. The van der Waals surface area contributed by atoms with Crippen molar-refractivity contribution in [2.75, 3.05) is 5.32 Å². The van der Waals surface area contributed by atoms with E-state index in [0.29, 0.717) is 0 Å². The number of aromatic nitrogens is 1. The summed E-state index contributed by atoms with van der Waals surface area (Å²) in [6, 6.07) is 8.06.